The lowest BCUT2D eigenvalue weighted by Gasteiger charge is -2.23. The van der Waals surface area contributed by atoms with Crippen LogP contribution in [0.25, 0.3) is 0 Å². The molecular weight excluding hydrogens is 390 g/mol. The van der Waals surface area contributed by atoms with Crippen molar-refractivity contribution in [2.24, 2.45) is 0 Å². The molecule has 2 aliphatic heterocycles. The highest BCUT2D eigenvalue weighted by Crippen LogP contribution is 2.30. The number of nitrogens with zero attached hydrogens (tertiary/aromatic N) is 3. The van der Waals surface area contributed by atoms with Gasteiger partial charge in [0.15, 0.2) is 0 Å². The molecule has 0 bridgehead atoms. The molecule has 2 amide bonds. The summed E-state index contributed by atoms with van der Waals surface area (Å²) >= 11 is 0. The number of carbonyl (C=O) groups is 2. The fourth-order valence-electron chi connectivity index (χ4n) is 4.49. The van der Waals surface area contributed by atoms with Crippen molar-refractivity contribution in [1.29, 1.82) is 0 Å². The summed E-state index contributed by atoms with van der Waals surface area (Å²) in [5.74, 6) is 1.10. The molecule has 2 aromatic rings. The highest BCUT2D eigenvalue weighted by molar-refractivity contribution is 5.98. The number of amides is 2. The molecule has 2 heterocycles. The SMILES string of the molecule is CCC(=O)N1CCc2cc(C(=O)N3CCCN(Cc4ccc(OC)cc4)CC3)ccc21. The monoisotopic (exact) mass is 421 g/mol. The summed E-state index contributed by atoms with van der Waals surface area (Å²) in [6, 6.07) is 14.0. The minimum absolute atomic E-state index is 0.0920. The van der Waals surface area contributed by atoms with Gasteiger partial charge in [-0.25, -0.2) is 0 Å². The van der Waals surface area contributed by atoms with Gasteiger partial charge in [-0.15, -0.1) is 0 Å². The second-order valence-electron chi connectivity index (χ2n) is 8.26. The van der Waals surface area contributed by atoms with E-state index in [4.69, 9.17) is 4.74 Å². The number of hydrogen-bond donors (Lipinski definition) is 0. The molecule has 4 rings (SSSR count). The third-order valence-corrected chi connectivity index (χ3v) is 6.27. The average Bonchev–Trinajstić information content (AvgIpc) is 3.09. The Balaban J connectivity index is 1.38. The van der Waals surface area contributed by atoms with Gasteiger partial charge in [-0.2, -0.15) is 0 Å². The van der Waals surface area contributed by atoms with Crippen LogP contribution in [0.4, 0.5) is 5.69 Å². The number of ether oxygens (including phenoxy) is 1. The van der Waals surface area contributed by atoms with Crippen LogP contribution >= 0.6 is 0 Å². The van der Waals surface area contributed by atoms with Crippen molar-refractivity contribution in [2.75, 3.05) is 44.7 Å². The van der Waals surface area contributed by atoms with Crippen LogP contribution in [0.2, 0.25) is 0 Å². The highest BCUT2D eigenvalue weighted by Gasteiger charge is 2.26. The van der Waals surface area contributed by atoms with Crippen LogP contribution in [-0.4, -0.2) is 61.4 Å². The molecule has 6 heteroatoms. The van der Waals surface area contributed by atoms with Crippen molar-refractivity contribution in [3.05, 3.63) is 59.2 Å². The van der Waals surface area contributed by atoms with Gasteiger partial charge in [0.05, 0.1) is 7.11 Å². The molecule has 6 nitrogen and oxygen atoms in total. The van der Waals surface area contributed by atoms with Gasteiger partial charge in [-0.1, -0.05) is 19.1 Å². The molecular formula is C25H31N3O3. The molecule has 0 aliphatic carbocycles. The van der Waals surface area contributed by atoms with Gasteiger partial charge in [0.25, 0.3) is 5.91 Å². The van der Waals surface area contributed by atoms with Crippen LogP contribution in [0.3, 0.4) is 0 Å². The second-order valence-corrected chi connectivity index (χ2v) is 8.26. The lowest BCUT2D eigenvalue weighted by atomic mass is 10.1. The van der Waals surface area contributed by atoms with E-state index in [0.29, 0.717) is 13.0 Å². The first kappa shape index (κ1) is 21.4. The number of methoxy groups -OCH3 is 1. The molecule has 0 aromatic heterocycles. The van der Waals surface area contributed by atoms with E-state index in [-0.39, 0.29) is 11.8 Å². The van der Waals surface area contributed by atoms with Crippen LogP contribution in [0, 0.1) is 0 Å². The maximum absolute atomic E-state index is 13.2. The van der Waals surface area contributed by atoms with Gasteiger partial charge in [0.1, 0.15) is 5.75 Å². The Bertz CT molecular complexity index is 942. The molecule has 1 fully saturated rings. The van der Waals surface area contributed by atoms with E-state index in [1.165, 1.54) is 5.56 Å². The largest absolute Gasteiger partial charge is 0.497 e. The van der Waals surface area contributed by atoms with Gasteiger partial charge in [-0.05, 0) is 54.3 Å². The summed E-state index contributed by atoms with van der Waals surface area (Å²) in [6.45, 7) is 6.82. The van der Waals surface area contributed by atoms with Gasteiger partial charge < -0.3 is 14.5 Å². The molecule has 0 unspecified atom stereocenters. The molecule has 2 aliphatic rings. The van der Waals surface area contributed by atoms with Crippen LogP contribution in [0.5, 0.6) is 5.75 Å². The molecule has 31 heavy (non-hydrogen) atoms. The van der Waals surface area contributed by atoms with E-state index in [9.17, 15) is 9.59 Å². The van der Waals surface area contributed by atoms with E-state index >= 15 is 0 Å². The molecule has 0 saturated carbocycles. The van der Waals surface area contributed by atoms with Crippen molar-refractivity contribution in [2.45, 2.75) is 32.7 Å². The highest BCUT2D eigenvalue weighted by atomic mass is 16.5. The summed E-state index contributed by atoms with van der Waals surface area (Å²) in [6.07, 6.45) is 2.28. The van der Waals surface area contributed by atoms with E-state index in [2.05, 4.69) is 17.0 Å². The minimum Gasteiger partial charge on any atom is -0.497 e. The fraction of sp³-hybridized carbons (Fsp3) is 0.440. The number of benzene rings is 2. The molecule has 0 N–H and O–H groups in total. The van der Waals surface area contributed by atoms with Crippen molar-refractivity contribution < 1.29 is 14.3 Å². The Morgan fingerprint density at radius 1 is 0.968 bits per heavy atom. The number of hydrogen-bond acceptors (Lipinski definition) is 4. The lowest BCUT2D eigenvalue weighted by Crippen LogP contribution is -2.35. The zero-order valence-electron chi connectivity index (χ0n) is 18.5. The van der Waals surface area contributed by atoms with Crippen LogP contribution in [-0.2, 0) is 17.8 Å². The number of carbonyl (C=O) groups excluding carboxylic acids is 2. The zero-order valence-corrected chi connectivity index (χ0v) is 18.5. The summed E-state index contributed by atoms with van der Waals surface area (Å²) < 4.78 is 5.24. The van der Waals surface area contributed by atoms with Crippen LogP contribution in [0.1, 0.15) is 41.3 Å². The van der Waals surface area contributed by atoms with Gasteiger partial charge >= 0.3 is 0 Å². The first-order valence-electron chi connectivity index (χ1n) is 11.2. The first-order valence-corrected chi connectivity index (χ1v) is 11.2. The maximum atomic E-state index is 13.2. The molecule has 0 spiro atoms. The van der Waals surface area contributed by atoms with Crippen molar-refractivity contribution in [3.63, 3.8) is 0 Å². The van der Waals surface area contributed by atoms with Gasteiger partial charge in [0, 0.05) is 56.9 Å². The van der Waals surface area contributed by atoms with E-state index in [1.807, 2.05) is 47.1 Å². The van der Waals surface area contributed by atoms with Crippen LogP contribution < -0.4 is 9.64 Å². The second kappa shape index (κ2) is 9.52. The number of anilines is 1. The van der Waals surface area contributed by atoms with Crippen molar-refractivity contribution in [1.82, 2.24) is 9.80 Å². The predicted molar refractivity (Wildman–Crippen MR) is 122 cm³/mol. The predicted octanol–water partition coefficient (Wildman–Crippen LogP) is 3.34. The number of rotatable bonds is 5. The fourth-order valence-corrected chi connectivity index (χ4v) is 4.49. The zero-order chi connectivity index (χ0) is 21.8. The Labute approximate surface area is 184 Å². The molecule has 2 aromatic carbocycles. The Kier molecular flexibility index (Phi) is 6.56. The number of fused-ring (bicyclic) bond motifs is 1. The summed E-state index contributed by atoms with van der Waals surface area (Å²) in [5, 5.41) is 0. The quantitative estimate of drug-likeness (QED) is 0.743. The lowest BCUT2D eigenvalue weighted by molar-refractivity contribution is -0.118. The first-order chi connectivity index (χ1) is 15.1. The third kappa shape index (κ3) is 4.74. The molecule has 0 atom stereocenters. The van der Waals surface area contributed by atoms with Gasteiger partial charge in [0.2, 0.25) is 5.91 Å². The summed E-state index contributed by atoms with van der Waals surface area (Å²) in [4.78, 5) is 31.5. The Hall–Kier alpha value is -2.86. The van der Waals surface area contributed by atoms with E-state index in [0.717, 1.165) is 68.1 Å². The normalized spacial score (nSPS) is 16.7. The molecule has 1 saturated heterocycles. The van der Waals surface area contributed by atoms with Crippen molar-refractivity contribution >= 4 is 17.5 Å². The summed E-state index contributed by atoms with van der Waals surface area (Å²) in [7, 11) is 1.68. The summed E-state index contributed by atoms with van der Waals surface area (Å²) in [5.41, 5.74) is 4.05. The Morgan fingerprint density at radius 2 is 1.77 bits per heavy atom. The van der Waals surface area contributed by atoms with E-state index < -0.39 is 0 Å². The standard InChI is InChI=1S/C25H31N3O3/c1-3-24(29)28-14-11-20-17-21(7-10-23(20)28)25(30)27-13-4-12-26(15-16-27)18-19-5-8-22(31-2)9-6-19/h5-10,17H,3-4,11-16,18H2,1-2H3. The van der Waals surface area contributed by atoms with Crippen LogP contribution in [0.15, 0.2) is 42.5 Å². The minimum atomic E-state index is 0.0920. The van der Waals surface area contributed by atoms with Gasteiger partial charge in [-0.3, -0.25) is 14.5 Å². The van der Waals surface area contributed by atoms with Crippen molar-refractivity contribution in [3.8, 4) is 5.75 Å². The van der Waals surface area contributed by atoms with E-state index in [1.54, 1.807) is 7.11 Å². The smallest absolute Gasteiger partial charge is 0.253 e. The molecule has 0 radical (unpaired) electrons. The Morgan fingerprint density at radius 3 is 2.52 bits per heavy atom. The third-order valence-electron chi connectivity index (χ3n) is 6.27. The average molecular weight is 422 g/mol. The maximum Gasteiger partial charge on any atom is 0.253 e. The molecule has 164 valence electrons. The topological polar surface area (TPSA) is 53.1 Å².